The first-order valence-corrected chi connectivity index (χ1v) is 5.91. The zero-order valence-electron chi connectivity index (χ0n) is 11.5. The molecule has 0 aliphatic carbocycles. The van der Waals surface area contributed by atoms with Gasteiger partial charge in [-0.3, -0.25) is 14.2 Å². The highest BCUT2D eigenvalue weighted by Crippen LogP contribution is 2.15. The van der Waals surface area contributed by atoms with Crippen molar-refractivity contribution >= 4 is 17.6 Å². The van der Waals surface area contributed by atoms with E-state index in [1.54, 1.807) is 19.3 Å². The number of hydrogen-bond acceptors (Lipinski definition) is 5. The molecule has 0 saturated carbocycles. The number of nitrogens with zero attached hydrogens (tertiary/aromatic N) is 4. The van der Waals surface area contributed by atoms with Crippen LogP contribution in [0.25, 0.3) is 0 Å². The number of ether oxygens (including phenoxy) is 1. The number of esters is 1. The molecule has 20 heavy (non-hydrogen) atoms. The second-order valence-electron chi connectivity index (χ2n) is 4.22. The number of aromatic nitrogens is 4. The topological polar surface area (TPSA) is 91.0 Å². The van der Waals surface area contributed by atoms with E-state index in [2.05, 4.69) is 20.3 Å². The van der Waals surface area contributed by atoms with Crippen molar-refractivity contribution in [2.75, 3.05) is 12.4 Å². The molecule has 2 aromatic rings. The summed E-state index contributed by atoms with van der Waals surface area (Å²) >= 11 is 0. The Morgan fingerprint density at radius 2 is 2.20 bits per heavy atom. The molecule has 0 aromatic carbocycles. The molecular formula is C12H15N5O3. The average Bonchev–Trinajstić information content (AvgIpc) is 2.95. The maximum atomic E-state index is 11.9. The van der Waals surface area contributed by atoms with E-state index >= 15 is 0 Å². The third-order valence-electron chi connectivity index (χ3n) is 2.67. The van der Waals surface area contributed by atoms with Gasteiger partial charge in [0.25, 0.3) is 0 Å². The Bertz CT molecular complexity index is 643. The van der Waals surface area contributed by atoms with Crippen molar-refractivity contribution in [2.45, 2.75) is 13.5 Å². The molecule has 1 amide bonds. The SMILES string of the molecule is COC(=O)c1c(NC(=O)Cn2ccc(C)n2)cnn1C. The lowest BCUT2D eigenvalue weighted by Gasteiger charge is -2.06. The fourth-order valence-corrected chi connectivity index (χ4v) is 1.76. The lowest BCUT2D eigenvalue weighted by molar-refractivity contribution is -0.116. The van der Waals surface area contributed by atoms with Gasteiger partial charge < -0.3 is 10.1 Å². The number of carbonyl (C=O) groups excluding carboxylic acids is 2. The van der Waals surface area contributed by atoms with Crippen LogP contribution in [0.1, 0.15) is 16.2 Å². The third-order valence-corrected chi connectivity index (χ3v) is 2.67. The summed E-state index contributed by atoms with van der Waals surface area (Å²) in [7, 11) is 2.87. The first-order valence-electron chi connectivity index (χ1n) is 5.91. The van der Waals surface area contributed by atoms with Gasteiger partial charge in [0.15, 0.2) is 5.69 Å². The normalized spacial score (nSPS) is 10.3. The lowest BCUT2D eigenvalue weighted by Crippen LogP contribution is -2.21. The van der Waals surface area contributed by atoms with E-state index in [1.165, 1.54) is 22.7 Å². The molecule has 8 nitrogen and oxygen atoms in total. The van der Waals surface area contributed by atoms with Crippen molar-refractivity contribution < 1.29 is 14.3 Å². The summed E-state index contributed by atoms with van der Waals surface area (Å²) in [5.41, 5.74) is 1.33. The minimum absolute atomic E-state index is 0.0589. The Balaban J connectivity index is 2.10. The molecule has 0 aliphatic heterocycles. The maximum absolute atomic E-state index is 11.9. The van der Waals surface area contributed by atoms with E-state index in [9.17, 15) is 9.59 Å². The van der Waals surface area contributed by atoms with E-state index < -0.39 is 5.97 Å². The monoisotopic (exact) mass is 277 g/mol. The van der Waals surface area contributed by atoms with Crippen LogP contribution in [0.3, 0.4) is 0 Å². The summed E-state index contributed by atoms with van der Waals surface area (Å²) in [5.74, 6) is -0.860. The molecule has 0 bridgehead atoms. The van der Waals surface area contributed by atoms with Crippen molar-refractivity contribution in [2.24, 2.45) is 7.05 Å². The van der Waals surface area contributed by atoms with E-state index in [1.807, 2.05) is 6.92 Å². The van der Waals surface area contributed by atoms with Gasteiger partial charge in [-0.1, -0.05) is 0 Å². The van der Waals surface area contributed by atoms with Gasteiger partial charge in [0.1, 0.15) is 6.54 Å². The number of methoxy groups -OCH3 is 1. The largest absolute Gasteiger partial charge is 0.464 e. The smallest absolute Gasteiger partial charge is 0.358 e. The number of anilines is 1. The Kier molecular flexibility index (Phi) is 3.83. The summed E-state index contributed by atoms with van der Waals surface area (Å²) in [4.78, 5) is 23.5. The summed E-state index contributed by atoms with van der Waals surface area (Å²) < 4.78 is 7.51. The summed E-state index contributed by atoms with van der Waals surface area (Å²) in [6.45, 7) is 1.90. The fourth-order valence-electron chi connectivity index (χ4n) is 1.76. The molecule has 0 aliphatic rings. The van der Waals surface area contributed by atoms with Gasteiger partial charge in [-0.05, 0) is 13.0 Å². The van der Waals surface area contributed by atoms with E-state index in [-0.39, 0.29) is 18.1 Å². The van der Waals surface area contributed by atoms with Crippen LogP contribution in [-0.2, 0) is 23.1 Å². The van der Waals surface area contributed by atoms with Crippen molar-refractivity contribution in [3.63, 3.8) is 0 Å². The highest BCUT2D eigenvalue weighted by Gasteiger charge is 2.19. The zero-order chi connectivity index (χ0) is 14.7. The predicted molar refractivity (Wildman–Crippen MR) is 70.1 cm³/mol. The molecule has 0 radical (unpaired) electrons. The first-order chi connectivity index (χ1) is 9.51. The molecule has 0 saturated heterocycles. The van der Waals surface area contributed by atoms with Gasteiger partial charge in [-0.15, -0.1) is 0 Å². The minimum Gasteiger partial charge on any atom is -0.464 e. The first kappa shape index (κ1) is 13.8. The van der Waals surface area contributed by atoms with Crippen molar-refractivity contribution in [1.82, 2.24) is 19.6 Å². The molecule has 0 spiro atoms. The number of aryl methyl sites for hydroxylation is 2. The Hall–Kier alpha value is -2.64. The van der Waals surface area contributed by atoms with E-state index in [0.29, 0.717) is 5.69 Å². The summed E-state index contributed by atoms with van der Waals surface area (Å²) in [6, 6.07) is 1.80. The van der Waals surface area contributed by atoms with Crippen LogP contribution >= 0.6 is 0 Å². The summed E-state index contributed by atoms with van der Waals surface area (Å²) in [6.07, 6.45) is 3.11. The molecule has 2 heterocycles. The van der Waals surface area contributed by atoms with Crippen molar-refractivity contribution in [1.29, 1.82) is 0 Å². The van der Waals surface area contributed by atoms with Gasteiger partial charge in [-0.25, -0.2) is 4.79 Å². The minimum atomic E-state index is -0.560. The Labute approximate surface area is 115 Å². The van der Waals surface area contributed by atoms with Crippen LogP contribution in [0.15, 0.2) is 18.5 Å². The number of amides is 1. The van der Waals surface area contributed by atoms with Crippen LogP contribution in [-0.4, -0.2) is 38.5 Å². The zero-order valence-corrected chi connectivity index (χ0v) is 11.5. The second-order valence-corrected chi connectivity index (χ2v) is 4.22. The summed E-state index contributed by atoms with van der Waals surface area (Å²) in [5, 5.41) is 10.7. The average molecular weight is 277 g/mol. The number of carbonyl (C=O) groups is 2. The molecular weight excluding hydrogens is 262 g/mol. The van der Waals surface area contributed by atoms with E-state index in [4.69, 9.17) is 0 Å². The van der Waals surface area contributed by atoms with Crippen LogP contribution in [0.4, 0.5) is 5.69 Å². The van der Waals surface area contributed by atoms with Gasteiger partial charge in [0.2, 0.25) is 5.91 Å². The maximum Gasteiger partial charge on any atom is 0.358 e. The van der Waals surface area contributed by atoms with Crippen molar-refractivity contribution in [3.8, 4) is 0 Å². The number of hydrogen-bond donors (Lipinski definition) is 1. The molecule has 106 valence electrons. The number of nitrogens with one attached hydrogen (secondary N) is 1. The van der Waals surface area contributed by atoms with Crippen molar-refractivity contribution in [3.05, 3.63) is 29.8 Å². The quantitative estimate of drug-likeness (QED) is 0.814. The van der Waals surface area contributed by atoms with Crippen LogP contribution < -0.4 is 5.32 Å². The standard InChI is InChI=1S/C12H15N5O3/c1-8-4-5-17(15-8)7-10(18)14-9-6-13-16(2)11(9)12(19)20-3/h4-6H,7H2,1-3H3,(H,14,18). The Morgan fingerprint density at radius 3 is 2.80 bits per heavy atom. The van der Waals surface area contributed by atoms with Gasteiger partial charge >= 0.3 is 5.97 Å². The van der Waals surface area contributed by atoms with Crippen LogP contribution in [0.5, 0.6) is 0 Å². The van der Waals surface area contributed by atoms with Crippen LogP contribution in [0.2, 0.25) is 0 Å². The Morgan fingerprint density at radius 1 is 1.45 bits per heavy atom. The molecule has 0 fully saturated rings. The molecule has 0 atom stereocenters. The molecule has 0 unspecified atom stereocenters. The predicted octanol–water partition coefficient (Wildman–Crippen LogP) is 0.350. The highest BCUT2D eigenvalue weighted by molar-refractivity contribution is 5.99. The van der Waals surface area contributed by atoms with Gasteiger partial charge in [0.05, 0.1) is 24.7 Å². The number of rotatable bonds is 4. The fraction of sp³-hybridized carbons (Fsp3) is 0.333. The highest BCUT2D eigenvalue weighted by atomic mass is 16.5. The molecule has 2 rings (SSSR count). The molecule has 1 N–H and O–H groups in total. The van der Waals surface area contributed by atoms with E-state index in [0.717, 1.165) is 5.69 Å². The van der Waals surface area contributed by atoms with Gasteiger partial charge in [0, 0.05) is 13.2 Å². The third kappa shape index (κ3) is 2.85. The molecule has 2 aromatic heterocycles. The van der Waals surface area contributed by atoms with Crippen LogP contribution in [0, 0.1) is 6.92 Å². The second kappa shape index (κ2) is 5.55. The van der Waals surface area contributed by atoms with Gasteiger partial charge in [-0.2, -0.15) is 10.2 Å². The molecule has 8 heteroatoms. The lowest BCUT2D eigenvalue weighted by atomic mass is 10.3.